The molecule has 0 aliphatic heterocycles. The first-order valence-electron chi connectivity index (χ1n) is 8.08. The van der Waals surface area contributed by atoms with Gasteiger partial charge in [-0.15, -0.1) is 0 Å². The van der Waals surface area contributed by atoms with Crippen molar-refractivity contribution in [1.82, 2.24) is 20.3 Å². The molecule has 0 aliphatic rings. The molecule has 0 saturated heterocycles. The number of rotatable bonds is 5. The van der Waals surface area contributed by atoms with Crippen molar-refractivity contribution in [1.29, 1.82) is 0 Å². The van der Waals surface area contributed by atoms with E-state index in [0.29, 0.717) is 17.9 Å². The zero-order chi connectivity index (χ0) is 18.7. The van der Waals surface area contributed by atoms with Gasteiger partial charge in [-0.2, -0.15) is 0 Å². The van der Waals surface area contributed by atoms with E-state index in [9.17, 15) is 14.3 Å². The highest BCUT2D eigenvalue weighted by Gasteiger charge is 2.22. The van der Waals surface area contributed by atoms with Gasteiger partial charge in [-0.25, -0.2) is 19.3 Å². The zero-order valence-corrected chi connectivity index (χ0v) is 14.4. The fraction of sp³-hybridized carbons (Fsp3) is 0.222. The second-order valence-corrected chi connectivity index (χ2v) is 5.71. The van der Waals surface area contributed by atoms with Crippen molar-refractivity contribution >= 4 is 22.8 Å². The summed E-state index contributed by atoms with van der Waals surface area (Å²) in [5.74, 6) is -0.761. The van der Waals surface area contributed by atoms with Crippen molar-refractivity contribution in [3.05, 3.63) is 53.7 Å². The summed E-state index contributed by atoms with van der Waals surface area (Å²) in [5, 5.41) is 13.1. The van der Waals surface area contributed by atoms with Crippen molar-refractivity contribution in [3.63, 3.8) is 0 Å². The van der Waals surface area contributed by atoms with Crippen LogP contribution in [0.15, 0.2) is 36.7 Å². The average molecular weight is 355 g/mol. The molecule has 134 valence electrons. The van der Waals surface area contributed by atoms with Crippen LogP contribution >= 0.6 is 0 Å². The van der Waals surface area contributed by atoms with Gasteiger partial charge >= 0.3 is 0 Å². The normalized spacial score (nSPS) is 10.7. The van der Waals surface area contributed by atoms with Gasteiger partial charge in [0.1, 0.15) is 16.9 Å². The minimum atomic E-state index is -0.551. The second-order valence-electron chi connectivity index (χ2n) is 5.71. The number of carbonyl (C=O) groups excluding carboxylic acids is 1. The number of amides is 1. The van der Waals surface area contributed by atoms with Crippen LogP contribution in [0.3, 0.4) is 0 Å². The maximum Gasteiger partial charge on any atom is 0.274 e. The van der Waals surface area contributed by atoms with Crippen molar-refractivity contribution in [2.24, 2.45) is 0 Å². The van der Waals surface area contributed by atoms with Crippen LogP contribution < -0.4 is 10.2 Å². The predicted octanol–water partition coefficient (Wildman–Crippen LogP) is 2.26. The van der Waals surface area contributed by atoms with E-state index >= 15 is 0 Å². The number of aromatic nitrogens is 3. The van der Waals surface area contributed by atoms with E-state index in [2.05, 4.69) is 20.3 Å². The molecule has 2 heterocycles. The van der Waals surface area contributed by atoms with Gasteiger partial charge in [-0.3, -0.25) is 4.79 Å². The number of fused-ring (bicyclic) bond motifs is 1. The topological polar surface area (TPSA) is 91.2 Å². The fourth-order valence-corrected chi connectivity index (χ4v) is 2.44. The molecule has 0 unspecified atom stereocenters. The molecule has 1 aromatic carbocycles. The largest absolute Gasteiger partial charge is 0.504 e. The van der Waals surface area contributed by atoms with Crippen LogP contribution in [0.1, 0.15) is 23.0 Å². The smallest absolute Gasteiger partial charge is 0.274 e. The van der Waals surface area contributed by atoms with Crippen LogP contribution in [-0.4, -0.2) is 39.6 Å². The number of hydrogen-bond donors (Lipinski definition) is 2. The highest BCUT2D eigenvalue weighted by Crippen LogP contribution is 2.30. The molecular formula is C18H18FN5O2. The average Bonchev–Trinajstić information content (AvgIpc) is 2.67. The third-order valence-corrected chi connectivity index (χ3v) is 3.99. The highest BCUT2D eigenvalue weighted by molar-refractivity contribution is 6.02. The Labute approximate surface area is 149 Å². The van der Waals surface area contributed by atoms with Gasteiger partial charge in [-0.1, -0.05) is 12.1 Å². The molecule has 3 rings (SSSR count). The lowest BCUT2D eigenvalue weighted by molar-refractivity contribution is 0.0943. The highest BCUT2D eigenvalue weighted by atomic mass is 19.1. The molecule has 3 aromatic rings. The number of hydrogen-bond acceptors (Lipinski definition) is 6. The van der Waals surface area contributed by atoms with Crippen LogP contribution in [-0.2, 0) is 6.54 Å². The lowest BCUT2D eigenvalue weighted by Gasteiger charge is -2.18. The summed E-state index contributed by atoms with van der Waals surface area (Å²) in [6.07, 6.45) is 2.95. The Hall–Kier alpha value is -3.29. The molecule has 26 heavy (non-hydrogen) atoms. The van der Waals surface area contributed by atoms with Gasteiger partial charge in [0.05, 0.1) is 0 Å². The third-order valence-electron chi connectivity index (χ3n) is 3.99. The number of nitrogens with zero attached hydrogens (tertiary/aromatic N) is 4. The van der Waals surface area contributed by atoms with Crippen molar-refractivity contribution in [2.75, 3.05) is 18.5 Å². The molecule has 7 nitrogen and oxygen atoms in total. The number of benzene rings is 1. The van der Waals surface area contributed by atoms with Crippen LogP contribution in [0.25, 0.3) is 11.0 Å². The van der Waals surface area contributed by atoms with Gasteiger partial charge in [0, 0.05) is 32.5 Å². The maximum atomic E-state index is 13.0. The molecule has 0 fully saturated rings. The Bertz CT molecular complexity index is 946. The first-order chi connectivity index (χ1) is 12.5. The molecule has 0 aliphatic carbocycles. The van der Waals surface area contributed by atoms with E-state index in [-0.39, 0.29) is 29.3 Å². The molecular weight excluding hydrogens is 337 g/mol. The minimum Gasteiger partial charge on any atom is -0.504 e. The second kappa shape index (κ2) is 7.30. The van der Waals surface area contributed by atoms with Gasteiger partial charge in [-0.05, 0) is 24.6 Å². The van der Waals surface area contributed by atoms with Crippen LogP contribution in [0.2, 0.25) is 0 Å². The number of anilines is 1. The zero-order valence-electron chi connectivity index (χ0n) is 14.4. The van der Waals surface area contributed by atoms with E-state index in [0.717, 1.165) is 5.56 Å². The van der Waals surface area contributed by atoms with Gasteiger partial charge in [0.25, 0.3) is 5.91 Å². The Kier molecular flexibility index (Phi) is 4.92. The standard InChI is InChI=1S/C18H18FN5O2/c1-3-24(2)17-14-13(20-8-9-21-14)16(25)15(23-17)18(26)22-10-11-4-6-12(19)7-5-11/h4-9,25H,3,10H2,1-2H3,(H,22,26). The number of pyridine rings is 1. The summed E-state index contributed by atoms with van der Waals surface area (Å²) in [7, 11) is 1.81. The Morgan fingerprint density at radius 3 is 2.50 bits per heavy atom. The molecule has 0 spiro atoms. The van der Waals surface area contributed by atoms with E-state index in [4.69, 9.17) is 0 Å². The van der Waals surface area contributed by atoms with Crippen molar-refractivity contribution in [3.8, 4) is 5.75 Å². The van der Waals surface area contributed by atoms with E-state index in [1.54, 1.807) is 12.1 Å². The van der Waals surface area contributed by atoms with Crippen LogP contribution in [0, 0.1) is 5.82 Å². The number of carbonyl (C=O) groups is 1. The lowest BCUT2D eigenvalue weighted by Crippen LogP contribution is -2.26. The van der Waals surface area contributed by atoms with E-state index in [1.165, 1.54) is 24.5 Å². The summed E-state index contributed by atoms with van der Waals surface area (Å²) in [4.78, 5) is 27.0. The van der Waals surface area contributed by atoms with E-state index in [1.807, 2.05) is 18.9 Å². The quantitative estimate of drug-likeness (QED) is 0.729. The number of aromatic hydroxyl groups is 1. The van der Waals surface area contributed by atoms with Crippen LogP contribution in [0.5, 0.6) is 5.75 Å². The number of halogens is 1. The van der Waals surface area contributed by atoms with Crippen molar-refractivity contribution in [2.45, 2.75) is 13.5 Å². The number of nitrogens with one attached hydrogen (secondary N) is 1. The molecule has 0 radical (unpaired) electrons. The first-order valence-corrected chi connectivity index (χ1v) is 8.08. The Morgan fingerprint density at radius 1 is 1.19 bits per heavy atom. The van der Waals surface area contributed by atoms with Gasteiger partial charge in [0.2, 0.25) is 0 Å². The monoisotopic (exact) mass is 355 g/mol. The molecule has 2 aromatic heterocycles. The van der Waals surface area contributed by atoms with Crippen molar-refractivity contribution < 1.29 is 14.3 Å². The first kappa shape index (κ1) is 17.5. The molecule has 0 saturated carbocycles. The predicted molar refractivity (Wildman–Crippen MR) is 95.5 cm³/mol. The maximum absolute atomic E-state index is 13.0. The molecule has 0 atom stereocenters. The Morgan fingerprint density at radius 2 is 1.85 bits per heavy atom. The van der Waals surface area contributed by atoms with Gasteiger partial charge in [0.15, 0.2) is 17.3 Å². The summed E-state index contributed by atoms with van der Waals surface area (Å²) < 4.78 is 13.0. The summed E-state index contributed by atoms with van der Waals surface area (Å²) in [6.45, 7) is 2.75. The molecule has 1 amide bonds. The summed E-state index contributed by atoms with van der Waals surface area (Å²) >= 11 is 0. The van der Waals surface area contributed by atoms with Crippen LogP contribution in [0.4, 0.5) is 10.2 Å². The van der Waals surface area contributed by atoms with E-state index < -0.39 is 5.91 Å². The lowest BCUT2D eigenvalue weighted by atomic mass is 10.2. The van der Waals surface area contributed by atoms with Gasteiger partial charge < -0.3 is 15.3 Å². The summed E-state index contributed by atoms with van der Waals surface area (Å²) in [6, 6.07) is 5.78. The summed E-state index contributed by atoms with van der Waals surface area (Å²) in [5.41, 5.74) is 1.23. The molecule has 0 bridgehead atoms. The third kappa shape index (κ3) is 3.39. The minimum absolute atomic E-state index is 0.129. The molecule has 2 N–H and O–H groups in total. The SMILES string of the molecule is CCN(C)c1nc(C(=O)NCc2ccc(F)cc2)c(O)c2nccnc12. The fourth-order valence-electron chi connectivity index (χ4n) is 2.44. The Balaban J connectivity index is 1.94. The molecule has 8 heteroatoms.